The van der Waals surface area contributed by atoms with E-state index in [1.54, 1.807) is 19.1 Å². The van der Waals surface area contributed by atoms with Crippen molar-refractivity contribution in [2.75, 3.05) is 12.3 Å². The summed E-state index contributed by atoms with van der Waals surface area (Å²) in [5.41, 5.74) is 6.81. The normalized spacial score (nSPS) is 11.5. The maximum atomic E-state index is 12.0. The van der Waals surface area contributed by atoms with E-state index in [2.05, 4.69) is 43.2 Å². The van der Waals surface area contributed by atoms with Crippen LogP contribution in [-0.4, -0.2) is 15.0 Å². The van der Waals surface area contributed by atoms with Gasteiger partial charge in [0.25, 0.3) is 0 Å². The van der Waals surface area contributed by atoms with Gasteiger partial charge in [0.05, 0.1) is 0 Å². The van der Waals surface area contributed by atoms with Crippen molar-refractivity contribution >= 4 is 47.6 Å². The van der Waals surface area contributed by atoms with E-state index in [-0.39, 0.29) is 11.4 Å². The summed E-state index contributed by atoms with van der Waals surface area (Å²) in [5.74, 6) is 0. The lowest BCUT2D eigenvalue weighted by Crippen LogP contribution is -2.26. The molecule has 0 atom stereocenters. The highest BCUT2D eigenvalue weighted by Gasteiger charge is 2.21. The molecule has 0 aliphatic heterocycles. The molecule has 0 saturated carbocycles. The zero-order valence-corrected chi connectivity index (χ0v) is 13.1. The molecule has 0 fully saturated rings. The molecule has 0 aromatic heterocycles. The number of hydrogen-bond acceptors (Lipinski definition) is 3. The molecule has 0 bridgehead atoms. The molecule has 0 amide bonds. The van der Waals surface area contributed by atoms with Crippen LogP contribution in [0, 0.1) is 0 Å². The van der Waals surface area contributed by atoms with E-state index < -0.39 is 10.0 Å². The van der Waals surface area contributed by atoms with E-state index in [4.69, 9.17) is 5.73 Å². The molecule has 1 aromatic rings. The third-order valence-electron chi connectivity index (χ3n) is 1.85. The zero-order chi connectivity index (χ0) is 13.2. The number of anilines is 1. The molecular formula is C10H12Br2N2O2S. The van der Waals surface area contributed by atoms with Crippen LogP contribution in [0.4, 0.5) is 5.69 Å². The first-order chi connectivity index (χ1) is 7.74. The van der Waals surface area contributed by atoms with Crippen molar-refractivity contribution in [1.82, 2.24) is 4.72 Å². The minimum absolute atomic E-state index is 0.132. The minimum atomic E-state index is -3.59. The van der Waals surface area contributed by atoms with Crippen LogP contribution < -0.4 is 10.5 Å². The Bertz CT molecular complexity index is 532. The van der Waals surface area contributed by atoms with Gasteiger partial charge in [0.2, 0.25) is 10.0 Å². The molecule has 3 N–H and O–H groups in total. The SMILES string of the molecule is C=C(C)CNS(=O)(=O)c1c(Br)cc(N)cc1Br. The highest BCUT2D eigenvalue weighted by molar-refractivity contribution is 9.11. The van der Waals surface area contributed by atoms with Gasteiger partial charge in [0.15, 0.2) is 0 Å². The zero-order valence-electron chi connectivity index (χ0n) is 9.13. The lowest BCUT2D eigenvalue weighted by molar-refractivity contribution is 0.583. The van der Waals surface area contributed by atoms with Crippen LogP contribution >= 0.6 is 31.9 Å². The van der Waals surface area contributed by atoms with Gasteiger partial charge in [0, 0.05) is 21.2 Å². The number of sulfonamides is 1. The Morgan fingerprint density at radius 2 is 1.88 bits per heavy atom. The number of nitrogen functional groups attached to an aromatic ring is 1. The van der Waals surface area contributed by atoms with Crippen molar-refractivity contribution in [2.24, 2.45) is 0 Å². The third kappa shape index (κ3) is 3.80. The number of halogens is 2. The van der Waals surface area contributed by atoms with Crippen LogP contribution in [0.25, 0.3) is 0 Å². The topological polar surface area (TPSA) is 72.2 Å². The number of hydrogen-bond donors (Lipinski definition) is 2. The third-order valence-corrected chi connectivity index (χ3v) is 5.13. The summed E-state index contributed by atoms with van der Waals surface area (Å²) in [6.45, 7) is 5.59. The van der Waals surface area contributed by atoms with E-state index in [1.807, 2.05) is 0 Å². The quantitative estimate of drug-likeness (QED) is 0.620. The Hall–Kier alpha value is -0.370. The second-order valence-electron chi connectivity index (χ2n) is 3.60. The van der Waals surface area contributed by atoms with Crippen molar-refractivity contribution in [3.63, 3.8) is 0 Å². The Morgan fingerprint density at radius 3 is 2.29 bits per heavy atom. The van der Waals surface area contributed by atoms with Gasteiger partial charge in [-0.25, -0.2) is 13.1 Å². The number of benzene rings is 1. The molecule has 0 saturated heterocycles. The molecule has 0 heterocycles. The van der Waals surface area contributed by atoms with E-state index >= 15 is 0 Å². The largest absolute Gasteiger partial charge is 0.399 e. The summed E-state index contributed by atoms with van der Waals surface area (Å²) >= 11 is 6.38. The molecule has 0 radical (unpaired) electrons. The fraction of sp³-hybridized carbons (Fsp3) is 0.200. The molecule has 0 unspecified atom stereocenters. The average molecular weight is 384 g/mol. The summed E-state index contributed by atoms with van der Waals surface area (Å²) in [6.07, 6.45) is 0. The molecule has 17 heavy (non-hydrogen) atoms. The minimum Gasteiger partial charge on any atom is -0.399 e. The molecule has 1 rings (SSSR count). The van der Waals surface area contributed by atoms with E-state index in [1.165, 1.54) is 0 Å². The van der Waals surface area contributed by atoms with Gasteiger partial charge in [0.1, 0.15) is 4.90 Å². The van der Waals surface area contributed by atoms with Gasteiger partial charge in [-0.15, -0.1) is 0 Å². The first-order valence-corrected chi connectivity index (χ1v) is 7.69. The lowest BCUT2D eigenvalue weighted by atomic mass is 10.3. The predicted molar refractivity (Wildman–Crippen MR) is 76.3 cm³/mol. The molecule has 0 spiro atoms. The van der Waals surface area contributed by atoms with Crippen LogP contribution in [-0.2, 0) is 10.0 Å². The van der Waals surface area contributed by atoms with Crippen molar-refractivity contribution in [3.8, 4) is 0 Å². The Morgan fingerprint density at radius 1 is 1.41 bits per heavy atom. The summed E-state index contributed by atoms with van der Waals surface area (Å²) in [7, 11) is -3.59. The summed E-state index contributed by atoms with van der Waals surface area (Å²) in [4.78, 5) is 0.132. The van der Waals surface area contributed by atoms with Crippen LogP contribution in [0.2, 0.25) is 0 Å². The van der Waals surface area contributed by atoms with Crippen molar-refractivity contribution in [2.45, 2.75) is 11.8 Å². The summed E-state index contributed by atoms with van der Waals surface area (Å²) in [6, 6.07) is 3.08. The second kappa shape index (κ2) is 5.51. The highest BCUT2D eigenvalue weighted by atomic mass is 79.9. The van der Waals surface area contributed by atoms with E-state index in [9.17, 15) is 8.42 Å². The fourth-order valence-electron chi connectivity index (χ4n) is 1.13. The molecule has 0 aliphatic rings. The molecule has 7 heteroatoms. The Balaban J connectivity index is 3.20. The molecule has 94 valence electrons. The van der Waals surface area contributed by atoms with Gasteiger partial charge in [-0.1, -0.05) is 12.2 Å². The smallest absolute Gasteiger partial charge is 0.243 e. The van der Waals surface area contributed by atoms with E-state index in [0.717, 1.165) is 5.57 Å². The van der Waals surface area contributed by atoms with Crippen LogP contribution in [0.5, 0.6) is 0 Å². The summed E-state index contributed by atoms with van der Waals surface area (Å²) < 4.78 is 27.4. The van der Waals surface area contributed by atoms with Crippen LogP contribution in [0.3, 0.4) is 0 Å². The number of nitrogens with one attached hydrogen (secondary N) is 1. The van der Waals surface area contributed by atoms with Crippen molar-refractivity contribution in [3.05, 3.63) is 33.2 Å². The summed E-state index contributed by atoms with van der Waals surface area (Å²) in [5, 5.41) is 0. The maximum Gasteiger partial charge on any atom is 0.243 e. The first kappa shape index (κ1) is 14.7. The predicted octanol–water partition coefficient (Wildman–Crippen LogP) is 2.65. The van der Waals surface area contributed by atoms with Crippen LogP contribution in [0.1, 0.15) is 6.92 Å². The van der Waals surface area contributed by atoms with E-state index in [0.29, 0.717) is 14.6 Å². The van der Waals surface area contributed by atoms with Gasteiger partial charge < -0.3 is 5.73 Å². The maximum absolute atomic E-state index is 12.0. The number of rotatable bonds is 4. The molecule has 4 nitrogen and oxygen atoms in total. The standard InChI is InChI=1S/C10H12Br2N2O2S/c1-6(2)5-14-17(15,16)10-8(11)3-7(13)4-9(10)12/h3-4,14H,1,5,13H2,2H3. The second-order valence-corrected chi connectivity index (χ2v) is 7.01. The molecule has 1 aromatic carbocycles. The average Bonchev–Trinajstić information content (AvgIpc) is 2.12. The number of nitrogens with two attached hydrogens (primary N) is 1. The van der Waals surface area contributed by atoms with Gasteiger partial charge in [-0.3, -0.25) is 0 Å². The monoisotopic (exact) mass is 382 g/mol. The van der Waals surface area contributed by atoms with Gasteiger partial charge >= 0.3 is 0 Å². The van der Waals surface area contributed by atoms with Gasteiger partial charge in [-0.2, -0.15) is 0 Å². The van der Waals surface area contributed by atoms with Crippen molar-refractivity contribution in [1.29, 1.82) is 0 Å². The van der Waals surface area contributed by atoms with Crippen molar-refractivity contribution < 1.29 is 8.42 Å². The first-order valence-electron chi connectivity index (χ1n) is 4.62. The Labute approximate surface area is 118 Å². The lowest BCUT2D eigenvalue weighted by Gasteiger charge is -2.11. The molecule has 0 aliphatic carbocycles. The van der Waals surface area contributed by atoms with Gasteiger partial charge in [-0.05, 0) is 50.9 Å². The fourth-order valence-corrected chi connectivity index (χ4v) is 4.84. The highest BCUT2D eigenvalue weighted by Crippen LogP contribution is 2.32. The Kier molecular flexibility index (Phi) is 4.77. The molecular weight excluding hydrogens is 372 g/mol. The van der Waals surface area contributed by atoms with Crippen LogP contribution in [0.15, 0.2) is 38.1 Å².